The molecule has 0 unspecified atom stereocenters. The highest BCUT2D eigenvalue weighted by Crippen LogP contribution is 2.31. The van der Waals surface area contributed by atoms with Gasteiger partial charge in [-0.2, -0.15) is 0 Å². The number of methoxy groups -OCH3 is 1. The van der Waals surface area contributed by atoms with Crippen molar-refractivity contribution in [3.8, 4) is 5.88 Å². The normalized spacial score (nSPS) is 16.2. The molecule has 0 spiro atoms. The molecule has 162 valence electrons. The van der Waals surface area contributed by atoms with Crippen LogP contribution in [-0.2, 0) is 17.6 Å². The van der Waals surface area contributed by atoms with Gasteiger partial charge >= 0.3 is 5.97 Å². The van der Waals surface area contributed by atoms with Crippen molar-refractivity contribution < 1.29 is 14.6 Å². The van der Waals surface area contributed by atoms with Crippen LogP contribution in [0.5, 0.6) is 5.88 Å². The molecule has 2 atom stereocenters. The molecule has 0 aliphatic carbocycles. The van der Waals surface area contributed by atoms with E-state index in [4.69, 9.17) is 9.72 Å². The molecule has 0 amide bonds. The van der Waals surface area contributed by atoms with Crippen molar-refractivity contribution in [1.82, 2.24) is 15.0 Å². The number of aromatic nitrogens is 3. The highest BCUT2D eigenvalue weighted by molar-refractivity contribution is 7.09. The number of anilines is 1. The molecular formula is C23H26N4O3S. The molecular weight excluding hydrogens is 412 g/mol. The van der Waals surface area contributed by atoms with Crippen LogP contribution >= 0.6 is 11.3 Å². The van der Waals surface area contributed by atoms with Gasteiger partial charge in [0.2, 0.25) is 5.88 Å². The molecule has 0 radical (unpaired) electrons. The van der Waals surface area contributed by atoms with Gasteiger partial charge < -0.3 is 15.2 Å². The summed E-state index contributed by atoms with van der Waals surface area (Å²) in [6.07, 6.45) is 8.63. The summed E-state index contributed by atoms with van der Waals surface area (Å²) in [7, 11) is 1.56. The third-order valence-corrected chi connectivity index (χ3v) is 6.60. The number of hydrogen-bond acceptors (Lipinski definition) is 7. The van der Waals surface area contributed by atoms with Gasteiger partial charge in [-0.3, -0.25) is 4.79 Å². The molecule has 7 nitrogen and oxygen atoms in total. The van der Waals surface area contributed by atoms with E-state index >= 15 is 0 Å². The molecule has 1 aliphatic rings. The fourth-order valence-corrected chi connectivity index (χ4v) is 4.93. The Morgan fingerprint density at radius 2 is 2.26 bits per heavy atom. The van der Waals surface area contributed by atoms with Crippen molar-refractivity contribution in [2.75, 3.05) is 12.4 Å². The Labute approximate surface area is 185 Å². The summed E-state index contributed by atoms with van der Waals surface area (Å²) in [6, 6.07) is 8.17. The van der Waals surface area contributed by atoms with Crippen LogP contribution in [0, 0.1) is 0 Å². The molecule has 8 heteroatoms. The zero-order valence-corrected chi connectivity index (χ0v) is 18.3. The molecule has 1 aliphatic heterocycles. The summed E-state index contributed by atoms with van der Waals surface area (Å²) in [5, 5.41) is 15.8. The second-order valence-corrected chi connectivity index (χ2v) is 8.63. The number of carboxylic acids is 1. The maximum absolute atomic E-state index is 11.4. The van der Waals surface area contributed by atoms with Gasteiger partial charge in [0.25, 0.3) is 0 Å². The number of nitrogens with zero attached hydrogens (tertiary/aromatic N) is 3. The van der Waals surface area contributed by atoms with Crippen molar-refractivity contribution >= 4 is 23.1 Å². The molecule has 2 N–H and O–H groups in total. The molecule has 4 rings (SSSR count). The van der Waals surface area contributed by atoms with Crippen molar-refractivity contribution in [3.05, 3.63) is 63.9 Å². The zero-order chi connectivity index (χ0) is 21.6. The van der Waals surface area contributed by atoms with Crippen molar-refractivity contribution in [2.24, 2.45) is 0 Å². The number of aliphatic carboxylic acids is 1. The number of nitrogens with one attached hydrogen (secondary N) is 1. The van der Waals surface area contributed by atoms with Gasteiger partial charge in [-0.05, 0) is 49.3 Å². The minimum absolute atomic E-state index is 0.0145. The Hall–Kier alpha value is -3.00. The van der Waals surface area contributed by atoms with E-state index in [2.05, 4.69) is 21.4 Å². The predicted molar refractivity (Wildman–Crippen MR) is 120 cm³/mol. The van der Waals surface area contributed by atoms with Gasteiger partial charge in [0.1, 0.15) is 10.8 Å². The van der Waals surface area contributed by atoms with Crippen LogP contribution < -0.4 is 10.1 Å². The number of thiazole rings is 1. The minimum Gasteiger partial charge on any atom is -0.481 e. The van der Waals surface area contributed by atoms with Gasteiger partial charge in [0.15, 0.2) is 0 Å². The first-order valence-electron chi connectivity index (χ1n) is 10.5. The molecule has 0 saturated carbocycles. The van der Waals surface area contributed by atoms with Gasteiger partial charge in [-0.25, -0.2) is 15.0 Å². The lowest BCUT2D eigenvalue weighted by molar-refractivity contribution is -0.137. The Morgan fingerprint density at radius 1 is 1.35 bits per heavy atom. The summed E-state index contributed by atoms with van der Waals surface area (Å²) in [6.45, 7) is 0. The van der Waals surface area contributed by atoms with Crippen molar-refractivity contribution in [1.29, 1.82) is 0 Å². The number of ether oxygens (including phenoxy) is 1. The lowest BCUT2D eigenvalue weighted by Gasteiger charge is -2.25. The third-order valence-electron chi connectivity index (χ3n) is 5.60. The number of pyridine rings is 2. The number of rotatable bonds is 9. The monoisotopic (exact) mass is 438 g/mol. The summed E-state index contributed by atoms with van der Waals surface area (Å²) >= 11 is 1.52. The number of carbonyl (C=O) groups is 1. The average Bonchev–Trinajstić information content (AvgIpc) is 3.26. The molecule has 0 aromatic carbocycles. The van der Waals surface area contributed by atoms with E-state index in [1.54, 1.807) is 19.4 Å². The quantitative estimate of drug-likeness (QED) is 0.514. The van der Waals surface area contributed by atoms with Crippen LogP contribution in [0.2, 0.25) is 0 Å². The molecule has 3 aromatic rings. The van der Waals surface area contributed by atoms with Gasteiger partial charge in [-0.1, -0.05) is 12.1 Å². The SMILES string of the molecule is COc1ccc([C@@H](CC(=O)O)c2nc(CCC[C@@H]3CCc4cccnc4N3)cs2)cn1. The van der Waals surface area contributed by atoms with Crippen LogP contribution in [0.15, 0.2) is 42.0 Å². The summed E-state index contributed by atoms with van der Waals surface area (Å²) in [5.74, 6) is 0.359. The first-order chi connectivity index (χ1) is 15.1. The zero-order valence-electron chi connectivity index (χ0n) is 17.5. The van der Waals surface area contributed by atoms with E-state index in [1.165, 1.54) is 16.9 Å². The summed E-state index contributed by atoms with van der Waals surface area (Å²) in [4.78, 5) is 24.9. The Kier molecular flexibility index (Phi) is 6.76. The molecule has 0 fully saturated rings. The van der Waals surface area contributed by atoms with E-state index in [0.717, 1.165) is 54.2 Å². The largest absolute Gasteiger partial charge is 0.481 e. The van der Waals surface area contributed by atoms with Crippen molar-refractivity contribution in [2.45, 2.75) is 50.5 Å². The van der Waals surface area contributed by atoms with Gasteiger partial charge in [0, 0.05) is 35.8 Å². The smallest absolute Gasteiger partial charge is 0.304 e. The predicted octanol–water partition coefficient (Wildman–Crippen LogP) is 4.30. The fourth-order valence-electron chi connectivity index (χ4n) is 3.95. The van der Waals surface area contributed by atoms with Crippen LogP contribution in [0.1, 0.15) is 53.4 Å². The van der Waals surface area contributed by atoms with Gasteiger partial charge in [0.05, 0.1) is 19.2 Å². The highest BCUT2D eigenvalue weighted by atomic mass is 32.1. The second kappa shape index (κ2) is 9.87. The maximum Gasteiger partial charge on any atom is 0.304 e. The standard InChI is InChI=1S/C23H26N4O3S/c1-30-20-10-8-16(13-25-20)19(12-21(28)29)23-27-18(14-31-23)6-2-5-17-9-7-15-4-3-11-24-22(15)26-17/h3-4,8,10-11,13-14,17,19H,2,5-7,9,12H2,1H3,(H,24,26)(H,28,29)/t17-,19-/m1/s1. The molecule has 4 heterocycles. The average molecular weight is 439 g/mol. The summed E-state index contributed by atoms with van der Waals surface area (Å²) < 4.78 is 5.10. The fraction of sp³-hybridized carbons (Fsp3) is 0.391. The Morgan fingerprint density at radius 3 is 3.03 bits per heavy atom. The third kappa shape index (κ3) is 5.38. The molecule has 31 heavy (non-hydrogen) atoms. The lowest BCUT2D eigenvalue weighted by Crippen LogP contribution is -2.26. The van der Waals surface area contributed by atoms with E-state index in [0.29, 0.717) is 11.9 Å². The van der Waals surface area contributed by atoms with Crippen LogP contribution in [0.3, 0.4) is 0 Å². The highest BCUT2D eigenvalue weighted by Gasteiger charge is 2.22. The first kappa shape index (κ1) is 21.2. The maximum atomic E-state index is 11.4. The second-order valence-electron chi connectivity index (χ2n) is 7.74. The van der Waals surface area contributed by atoms with Crippen LogP contribution in [-0.4, -0.2) is 39.2 Å². The Balaban J connectivity index is 1.36. The van der Waals surface area contributed by atoms with Crippen LogP contribution in [0.4, 0.5) is 5.82 Å². The number of aryl methyl sites for hydroxylation is 2. The number of carboxylic acid groups (broad SMARTS) is 1. The number of hydrogen-bond donors (Lipinski definition) is 2. The van der Waals surface area contributed by atoms with E-state index in [9.17, 15) is 9.90 Å². The molecule has 0 saturated heterocycles. The molecule has 0 bridgehead atoms. The Bertz CT molecular complexity index is 1020. The van der Waals surface area contributed by atoms with E-state index in [-0.39, 0.29) is 12.3 Å². The first-order valence-corrected chi connectivity index (χ1v) is 11.4. The lowest BCUT2D eigenvalue weighted by atomic mass is 9.96. The summed E-state index contributed by atoms with van der Waals surface area (Å²) in [5.41, 5.74) is 3.15. The number of fused-ring (bicyclic) bond motifs is 1. The van der Waals surface area contributed by atoms with E-state index < -0.39 is 5.97 Å². The minimum atomic E-state index is -0.852. The molecule has 3 aromatic heterocycles. The van der Waals surface area contributed by atoms with Gasteiger partial charge in [-0.15, -0.1) is 11.3 Å². The van der Waals surface area contributed by atoms with Crippen LogP contribution in [0.25, 0.3) is 0 Å². The van der Waals surface area contributed by atoms with E-state index in [1.807, 2.05) is 23.7 Å². The topological polar surface area (TPSA) is 97.2 Å². The van der Waals surface area contributed by atoms with Crippen molar-refractivity contribution in [3.63, 3.8) is 0 Å².